The lowest BCUT2D eigenvalue weighted by molar-refractivity contribution is 0.182. The van der Waals surface area contributed by atoms with Crippen LogP contribution in [0.2, 0.25) is 4.34 Å². The molecule has 0 aliphatic carbocycles. The Balaban J connectivity index is 2.12. The van der Waals surface area contributed by atoms with Gasteiger partial charge in [0, 0.05) is 11.3 Å². The van der Waals surface area contributed by atoms with E-state index in [1.807, 2.05) is 0 Å². The maximum Gasteiger partial charge on any atom is 0.165 e. The number of rotatable bonds is 4. The summed E-state index contributed by atoms with van der Waals surface area (Å²) < 4.78 is 19.0. The molecule has 0 spiro atoms. The molecule has 0 saturated heterocycles. The van der Waals surface area contributed by atoms with E-state index >= 15 is 0 Å². The lowest BCUT2D eigenvalue weighted by atomic mass is 10.1. The maximum atomic E-state index is 13.5. The smallest absolute Gasteiger partial charge is 0.165 e. The second-order valence-corrected chi connectivity index (χ2v) is 5.58. The van der Waals surface area contributed by atoms with Crippen molar-refractivity contribution in [1.82, 2.24) is 0 Å². The first-order valence-corrected chi connectivity index (χ1v) is 6.55. The summed E-state index contributed by atoms with van der Waals surface area (Å²) in [5.74, 6) is -0.223. The monoisotopic (exact) mass is 286 g/mol. The summed E-state index contributed by atoms with van der Waals surface area (Å²) in [6, 6.07) is 8.17. The van der Waals surface area contributed by atoms with Gasteiger partial charge in [-0.1, -0.05) is 17.7 Å². The zero-order valence-electron chi connectivity index (χ0n) is 9.69. The van der Waals surface area contributed by atoms with Gasteiger partial charge in [0.05, 0.1) is 17.6 Å². The first-order chi connectivity index (χ1) is 8.60. The second-order valence-electron chi connectivity index (χ2n) is 3.83. The number of benzene rings is 1. The standard InChI is InChI=1S/C13H12ClFO2S/c1-17-11-3-2-8(6-9(11)15)7-10(16)12-4-5-13(14)18-12/h2-6,10,16H,7H2,1H3. The molecule has 2 aromatic rings. The van der Waals surface area contributed by atoms with E-state index in [2.05, 4.69) is 0 Å². The lowest BCUT2D eigenvalue weighted by Gasteiger charge is -2.09. The molecule has 0 aliphatic heterocycles. The van der Waals surface area contributed by atoms with Crippen LogP contribution in [0.5, 0.6) is 5.75 Å². The Hall–Kier alpha value is -1.10. The van der Waals surface area contributed by atoms with E-state index in [0.717, 1.165) is 4.88 Å². The highest BCUT2D eigenvalue weighted by Crippen LogP contribution is 2.29. The normalized spacial score (nSPS) is 12.4. The number of methoxy groups -OCH3 is 1. The van der Waals surface area contributed by atoms with Gasteiger partial charge in [-0.25, -0.2) is 4.39 Å². The molecule has 1 aromatic heterocycles. The molecule has 1 heterocycles. The Morgan fingerprint density at radius 3 is 2.72 bits per heavy atom. The first-order valence-electron chi connectivity index (χ1n) is 5.36. The third-order valence-corrected chi connectivity index (χ3v) is 3.90. The summed E-state index contributed by atoms with van der Waals surface area (Å²) in [6.45, 7) is 0. The fraction of sp³-hybridized carbons (Fsp3) is 0.231. The number of thiophene rings is 1. The number of ether oxygens (including phenoxy) is 1. The molecule has 1 unspecified atom stereocenters. The molecule has 1 atom stereocenters. The molecular weight excluding hydrogens is 275 g/mol. The minimum Gasteiger partial charge on any atom is -0.494 e. The summed E-state index contributed by atoms with van der Waals surface area (Å²) in [6.07, 6.45) is -0.326. The van der Waals surface area contributed by atoms with Gasteiger partial charge in [0.1, 0.15) is 0 Å². The molecule has 18 heavy (non-hydrogen) atoms. The molecule has 2 nitrogen and oxygen atoms in total. The molecule has 0 aliphatic rings. The molecule has 1 aromatic carbocycles. The molecule has 0 bridgehead atoms. The molecule has 5 heteroatoms. The topological polar surface area (TPSA) is 29.5 Å². The third kappa shape index (κ3) is 3.02. The van der Waals surface area contributed by atoms with E-state index in [4.69, 9.17) is 16.3 Å². The SMILES string of the molecule is COc1ccc(CC(O)c2ccc(Cl)s2)cc1F. The number of hydrogen-bond donors (Lipinski definition) is 1. The van der Waals surface area contributed by atoms with E-state index in [-0.39, 0.29) is 5.75 Å². The molecule has 1 N–H and O–H groups in total. The fourth-order valence-electron chi connectivity index (χ4n) is 1.67. The van der Waals surface area contributed by atoms with Gasteiger partial charge in [0.2, 0.25) is 0 Å². The van der Waals surface area contributed by atoms with Crippen molar-refractivity contribution in [3.63, 3.8) is 0 Å². The largest absolute Gasteiger partial charge is 0.494 e. The van der Waals surface area contributed by atoms with Crippen molar-refractivity contribution in [3.05, 3.63) is 50.9 Å². The summed E-state index contributed by atoms with van der Waals surface area (Å²) in [5.41, 5.74) is 0.713. The zero-order valence-corrected chi connectivity index (χ0v) is 11.3. The average Bonchev–Trinajstić information content (AvgIpc) is 2.76. The van der Waals surface area contributed by atoms with Crippen molar-refractivity contribution in [2.45, 2.75) is 12.5 Å². The summed E-state index contributed by atoms with van der Waals surface area (Å²) in [7, 11) is 1.42. The Kier molecular flexibility index (Phi) is 4.22. The van der Waals surface area contributed by atoms with Crippen molar-refractivity contribution in [3.8, 4) is 5.75 Å². The zero-order chi connectivity index (χ0) is 13.1. The maximum absolute atomic E-state index is 13.5. The Bertz CT molecular complexity index is 542. The third-order valence-electron chi connectivity index (χ3n) is 2.57. The summed E-state index contributed by atoms with van der Waals surface area (Å²) >= 11 is 7.13. The van der Waals surface area contributed by atoms with Crippen LogP contribution in [0.25, 0.3) is 0 Å². The Morgan fingerprint density at radius 1 is 1.39 bits per heavy atom. The molecule has 96 valence electrons. The molecule has 0 radical (unpaired) electrons. The highest BCUT2D eigenvalue weighted by molar-refractivity contribution is 7.16. The van der Waals surface area contributed by atoms with Gasteiger partial charge in [-0.05, 0) is 29.8 Å². The summed E-state index contributed by atoms with van der Waals surface area (Å²) in [5, 5.41) is 10.0. The van der Waals surface area contributed by atoms with Crippen molar-refractivity contribution in [2.75, 3.05) is 7.11 Å². The molecular formula is C13H12ClFO2S. The minimum atomic E-state index is -0.671. The van der Waals surface area contributed by atoms with Gasteiger partial charge in [-0.2, -0.15) is 0 Å². The number of halogens is 2. The van der Waals surface area contributed by atoms with Crippen LogP contribution in [0.4, 0.5) is 4.39 Å². The van der Waals surface area contributed by atoms with Crippen LogP contribution >= 0.6 is 22.9 Å². The van der Waals surface area contributed by atoms with Gasteiger partial charge in [0.25, 0.3) is 0 Å². The van der Waals surface area contributed by atoms with E-state index < -0.39 is 11.9 Å². The van der Waals surface area contributed by atoms with Gasteiger partial charge < -0.3 is 9.84 Å². The highest BCUT2D eigenvalue weighted by atomic mass is 35.5. The molecule has 0 fully saturated rings. The van der Waals surface area contributed by atoms with Crippen LogP contribution in [-0.4, -0.2) is 12.2 Å². The van der Waals surface area contributed by atoms with Crippen molar-refractivity contribution in [2.24, 2.45) is 0 Å². The fourth-order valence-corrected chi connectivity index (χ4v) is 2.72. The first kappa shape index (κ1) is 13.3. The number of aliphatic hydroxyl groups excluding tert-OH is 1. The van der Waals surface area contributed by atoms with Gasteiger partial charge in [0.15, 0.2) is 11.6 Å². The van der Waals surface area contributed by atoms with Crippen LogP contribution in [0.3, 0.4) is 0 Å². The predicted molar refractivity (Wildman–Crippen MR) is 70.9 cm³/mol. The highest BCUT2D eigenvalue weighted by Gasteiger charge is 2.12. The van der Waals surface area contributed by atoms with Crippen LogP contribution in [0.15, 0.2) is 30.3 Å². The van der Waals surface area contributed by atoms with E-state index in [1.54, 1.807) is 24.3 Å². The van der Waals surface area contributed by atoms with Crippen LogP contribution < -0.4 is 4.74 Å². The number of hydrogen-bond acceptors (Lipinski definition) is 3. The van der Waals surface area contributed by atoms with Crippen molar-refractivity contribution >= 4 is 22.9 Å². The van der Waals surface area contributed by atoms with Crippen LogP contribution in [-0.2, 0) is 6.42 Å². The van der Waals surface area contributed by atoms with E-state index in [0.29, 0.717) is 16.3 Å². The molecule has 2 rings (SSSR count). The van der Waals surface area contributed by atoms with E-state index in [1.165, 1.54) is 24.5 Å². The molecule has 0 amide bonds. The lowest BCUT2D eigenvalue weighted by Crippen LogP contribution is -2.00. The molecule has 0 saturated carbocycles. The van der Waals surface area contributed by atoms with Gasteiger partial charge >= 0.3 is 0 Å². The van der Waals surface area contributed by atoms with Crippen molar-refractivity contribution in [1.29, 1.82) is 0 Å². The Labute approximate surface area is 114 Å². The van der Waals surface area contributed by atoms with Gasteiger partial charge in [-0.15, -0.1) is 11.3 Å². The summed E-state index contributed by atoms with van der Waals surface area (Å²) in [4.78, 5) is 0.774. The van der Waals surface area contributed by atoms with E-state index in [9.17, 15) is 9.50 Å². The van der Waals surface area contributed by atoms with Gasteiger partial charge in [-0.3, -0.25) is 0 Å². The van der Waals surface area contributed by atoms with Crippen LogP contribution in [0, 0.1) is 5.82 Å². The van der Waals surface area contributed by atoms with Crippen molar-refractivity contribution < 1.29 is 14.2 Å². The predicted octanol–water partition coefficient (Wildman–Crippen LogP) is 3.83. The minimum absolute atomic E-state index is 0.201. The average molecular weight is 287 g/mol. The second kappa shape index (κ2) is 5.69. The Morgan fingerprint density at radius 2 is 2.17 bits per heavy atom. The quantitative estimate of drug-likeness (QED) is 0.926. The van der Waals surface area contributed by atoms with Crippen LogP contribution in [0.1, 0.15) is 16.5 Å². The number of aliphatic hydroxyl groups is 1.